The highest BCUT2D eigenvalue weighted by atomic mass is 19.1. The fourth-order valence-corrected chi connectivity index (χ4v) is 5.10. The van der Waals surface area contributed by atoms with Crippen molar-refractivity contribution < 1.29 is 23.5 Å². The van der Waals surface area contributed by atoms with E-state index in [0.29, 0.717) is 12.0 Å². The topological polar surface area (TPSA) is 92.9 Å². The Kier molecular flexibility index (Phi) is 8.92. The molecular formula is C33H38FN3O4. The van der Waals surface area contributed by atoms with Crippen molar-refractivity contribution in [3.05, 3.63) is 106 Å². The summed E-state index contributed by atoms with van der Waals surface area (Å²) in [6.45, 7) is 8.10. The minimum absolute atomic E-state index is 0.213. The molecule has 7 nitrogen and oxygen atoms in total. The third-order valence-corrected chi connectivity index (χ3v) is 7.85. The Labute approximate surface area is 241 Å². The first kappa shape index (κ1) is 29.9. The third kappa shape index (κ3) is 6.65. The highest BCUT2D eigenvalue weighted by molar-refractivity contribution is 5.91. The smallest absolute Gasteiger partial charge is 0.337 e. The number of esters is 1. The number of fused-ring (bicyclic) bond motifs is 1. The summed E-state index contributed by atoms with van der Waals surface area (Å²) >= 11 is 0. The summed E-state index contributed by atoms with van der Waals surface area (Å²) in [5.41, 5.74) is 9.88. The zero-order valence-electron chi connectivity index (χ0n) is 24.3. The van der Waals surface area contributed by atoms with Crippen LogP contribution in [-0.2, 0) is 33.8 Å². The van der Waals surface area contributed by atoms with Gasteiger partial charge in [-0.3, -0.25) is 9.59 Å². The molecule has 2 N–H and O–H groups in total. The Morgan fingerprint density at radius 3 is 2.20 bits per heavy atom. The van der Waals surface area contributed by atoms with E-state index in [1.165, 1.54) is 19.2 Å². The summed E-state index contributed by atoms with van der Waals surface area (Å²) in [4.78, 5) is 43.6. The zero-order valence-corrected chi connectivity index (χ0v) is 24.3. The number of carbonyl (C=O) groups is 3. The van der Waals surface area contributed by atoms with Crippen LogP contribution >= 0.6 is 0 Å². The van der Waals surface area contributed by atoms with E-state index in [9.17, 15) is 18.8 Å². The Hall–Kier alpha value is -4.04. The second-order valence-electron chi connectivity index (χ2n) is 11.7. The van der Waals surface area contributed by atoms with E-state index in [4.69, 9.17) is 10.5 Å². The van der Waals surface area contributed by atoms with Gasteiger partial charge in [-0.05, 0) is 58.9 Å². The summed E-state index contributed by atoms with van der Waals surface area (Å²) in [6.07, 6.45) is 0.353. The second-order valence-corrected chi connectivity index (χ2v) is 11.7. The standard InChI is InChI=1S/C33H38FN3O4/c1-21(23-14-16-27(34)17-15-23)36(19-22-10-12-24(13-11-22)32(40)41-5)30(38)28-18-25-8-6-7-9-26(25)20-37(28)31(39)29(35)33(2,3)4/h6-17,21,28-29H,18-20,35H2,1-5H3/t21-,28?,29?/m1/s1. The number of ether oxygens (including phenoxy) is 1. The SMILES string of the molecule is COC(=O)c1ccc(CN(C(=O)C2Cc3ccccc3CN2C(=O)C(N)C(C)(C)C)[C@H](C)c2ccc(F)cc2)cc1. The Morgan fingerprint density at radius 2 is 1.61 bits per heavy atom. The molecule has 0 fully saturated rings. The van der Waals surface area contributed by atoms with Crippen molar-refractivity contribution >= 4 is 17.8 Å². The van der Waals surface area contributed by atoms with Crippen LogP contribution in [0.2, 0.25) is 0 Å². The molecule has 1 aliphatic heterocycles. The van der Waals surface area contributed by atoms with E-state index >= 15 is 0 Å². The Morgan fingerprint density at radius 1 is 1.00 bits per heavy atom. The molecule has 2 amide bonds. The van der Waals surface area contributed by atoms with Crippen molar-refractivity contribution in [2.24, 2.45) is 11.1 Å². The number of carbonyl (C=O) groups excluding carboxylic acids is 3. The van der Waals surface area contributed by atoms with Crippen LogP contribution in [0.4, 0.5) is 4.39 Å². The Bertz CT molecular complexity index is 1400. The molecule has 3 atom stereocenters. The molecule has 0 aromatic heterocycles. The lowest BCUT2D eigenvalue weighted by molar-refractivity contribution is -0.151. The minimum Gasteiger partial charge on any atom is -0.465 e. The third-order valence-electron chi connectivity index (χ3n) is 7.85. The molecule has 0 spiro atoms. The van der Waals surface area contributed by atoms with Crippen molar-refractivity contribution in [1.29, 1.82) is 0 Å². The van der Waals surface area contributed by atoms with Gasteiger partial charge in [-0.2, -0.15) is 0 Å². The van der Waals surface area contributed by atoms with Gasteiger partial charge in [-0.1, -0.05) is 69.3 Å². The molecule has 0 saturated heterocycles. The highest BCUT2D eigenvalue weighted by Gasteiger charge is 2.41. The minimum atomic E-state index is -0.795. The van der Waals surface area contributed by atoms with Crippen LogP contribution < -0.4 is 5.73 Å². The van der Waals surface area contributed by atoms with Gasteiger partial charge in [0.1, 0.15) is 11.9 Å². The maximum Gasteiger partial charge on any atom is 0.337 e. The summed E-state index contributed by atoms with van der Waals surface area (Å²) in [6, 6.07) is 18.7. The molecule has 1 heterocycles. The predicted octanol–water partition coefficient (Wildman–Crippen LogP) is 5.03. The molecule has 8 heteroatoms. The van der Waals surface area contributed by atoms with E-state index < -0.39 is 29.5 Å². The summed E-state index contributed by atoms with van der Waals surface area (Å²) < 4.78 is 18.6. The average molecular weight is 560 g/mol. The molecule has 3 aromatic rings. The number of rotatable bonds is 7. The molecule has 0 saturated carbocycles. The van der Waals surface area contributed by atoms with E-state index in [1.54, 1.807) is 46.2 Å². The first-order valence-corrected chi connectivity index (χ1v) is 13.8. The van der Waals surface area contributed by atoms with Gasteiger partial charge in [-0.25, -0.2) is 9.18 Å². The maximum absolute atomic E-state index is 14.5. The van der Waals surface area contributed by atoms with Crippen molar-refractivity contribution in [1.82, 2.24) is 9.80 Å². The fraction of sp³-hybridized carbons (Fsp3) is 0.364. The number of nitrogens with zero attached hydrogens (tertiary/aromatic N) is 2. The summed E-state index contributed by atoms with van der Waals surface area (Å²) in [5.74, 6) is -1.33. The monoisotopic (exact) mass is 559 g/mol. The number of benzene rings is 3. The van der Waals surface area contributed by atoms with Crippen molar-refractivity contribution in [2.75, 3.05) is 7.11 Å². The van der Waals surface area contributed by atoms with E-state index in [0.717, 1.165) is 22.3 Å². The van der Waals surface area contributed by atoms with Crippen LogP contribution in [-0.4, -0.2) is 46.8 Å². The van der Waals surface area contributed by atoms with Gasteiger partial charge in [-0.15, -0.1) is 0 Å². The van der Waals surface area contributed by atoms with E-state index in [-0.39, 0.29) is 30.7 Å². The quantitative estimate of drug-likeness (QED) is 0.410. The molecule has 0 radical (unpaired) electrons. The Balaban J connectivity index is 1.74. The summed E-state index contributed by atoms with van der Waals surface area (Å²) in [7, 11) is 1.32. The van der Waals surface area contributed by atoms with Gasteiger partial charge in [0.2, 0.25) is 11.8 Å². The molecule has 0 bridgehead atoms. The lowest BCUT2D eigenvalue weighted by Crippen LogP contribution is -2.59. The first-order valence-electron chi connectivity index (χ1n) is 13.8. The van der Waals surface area contributed by atoms with Gasteiger partial charge < -0.3 is 20.3 Å². The number of nitrogens with two attached hydrogens (primary N) is 1. The van der Waals surface area contributed by atoms with Crippen LogP contribution in [0.5, 0.6) is 0 Å². The lowest BCUT2D eigenvalue weighted by Gasteiger charge is -2.42. The average Bonchev–Trinajstić information content (AvgIpc) is 2.97. The molecular weight excluding hydrogens is 521 g/mol. The second kappa shape index (κ2) is 12.2. The molecule has 216 valence electrons. The number of hydrogen-bond acceptors (Lipinski definition) is 5. The largest absolute Gasteiger partial charge is 0.465 e. The van der Waals surface area contributed by atoms with Gasteiger partial charge >= 0.3 is 5.97 Å². The van der Waals surface area contributed by atoms with Crippen LogP contribution in [0.3, 0.4) is 0 Å². The molecule has 41 heavy (non-hydrogen) atoms. The lowest BCUT2D eigenvalue weighted by atomic mass is 9.85. The summed E-state index contributed by atoms with van der Waals surface area (Å²) in [5, 5.41) is 0. The van der Waals surface area contributed by atoms with E-state index in [1.807, 2.05) is 52.0 Å². The van der Waals surface area contributed by atoms with Crippen LogP contribution in [0, 0.1) is 11.2 Å². The number of hydrogen-bond donors (Lipinski definition) is 1. The normalized spacial score (nSPS) is 16.4. The van der Waals surface area contributed by atoms with Crippen LogP contribution in [0.1, 0.15) is 66.3 Å². The van der Waals surface area contributed by atoms with Crippen molar-refractivity contribution in [3.8, 4) is 0 Å². The molecule has 4 rings (SSSR count). The predicted molar refractivity (Wildman–Crippen MR) is 155 cm³/mol. The van der Waals surface area contributed by atoms with Gasteiger partial charge in [0, 0.05) is 19.5 Å². The molecule has 1 aliphatic rings. The van der Waals surface area contributed by atoms with Gasteiger partial charge in [0.25, 0.3) is 0 Å². The van der Waals surface area contributed by atoms with Gasteiger partial charge in [0.15, 0.2) is 0 Å². The molecule has 0 aliphatic carbocycles. The number of methoxy groups -OCH3 is 1. The van der Waals surface area contributed by atoms with Crippen LogP contribution in [0.25, 0.3) is 0 Å². The highest BCUT2D eigenvalue weighted by Crippen LogP contribution is 2.31. The van der Waals surface area contributed by atoms with Crippen molar-refractivity contribution in [3.63, 3.8) is 0 Å². The van der Waals surface area contributed by atoms with Gasteiger partial charge in [0.05, 0.1) is 24.8 Å². The van der Waals surface area contributed by atoms with E-state index in [2.05, 4.69) is 0 Å². The first-order chi connectivity index (χ1) is 19.4. The number of amides is 2. The maximum atomic E-state index is 14.5. The molecule has 2 unspecified atom stereocenters. The molecule has 3 aromatic carbocycles. The van der Waals surface area contributed by atoms with Crippen LogP contribution in [0.15, 0.2) is 72.8 Å². The fourth-order valence-electron chi connectivity index (χ4n) is 5.10. The van der Waals surface area contributed by atoms with Crippen molar-refractivity contribution in [2.45, 2.75) is 65.3 Å². The number of halogens is 1. The zero-order chi connectivity index (χ0) is 29.9.